The number of nitrogens with zero attached hydrogens (tertiary/aromatic N) is 1. The minimum atomic E-state index is -3.65. The van der Waals surface area contributed by atoms with Gasteiger partial charge in [0, 0.05) is 34.8 Å². The quantitative estimate of drug-likeness (QED) is 0.462. The number of ketones is 2. The van der Waals surface area contributed by atoms with Gasteiger partial charge in [0.1, 0.15) is 0 Å². The zero-order chi connectivity index (χ0) is 24.7. The first-order valence-electron chi connectivity index (χ1n) is 11.5. The summed E-state index contributed by atoms with van der Waals surface area (Å²) in [7, 11) is -3.65. The fraction of sp³-hybridized carbons (Fsp3) is 0.222. The van der Waals surface area contributed by atoms with E-state index in [1.54, 1.807) is 42.5 Å². The molecule has 5 rings (SSSR count). The Morgan fingerprint density at radius 3 is 2.20 bits per heavy atom. The van der Waals surface area contributed by atoms with E-state index in [4.69, 9.17) is 0 Å². The Morgan fingerprint density at radius 1 is 0.857 bits per heavy atom. The van der Waals surface area contributed by atoms with Gasteiger partial charge in [-0.15, -0.1) is 0 Å². The van der Waals surface area contributed by atoms with Crippen molar-refractivity contribution in [3.8, 4) is 0 Å². The molecule has 1 saturated heterocycles. The summed E-state index contributed by atoms with van der Waals surface area (Å²) in [6.45, 7) is 2.39. The molecule has 1 heterocycles. The smallest absolute Gasteiger partial charge is 0.255 e. The van der Waals surface area contributed by atoms with Crippen LogP contribution in [0.1, 0.15) is 68.4 Å². The Labute approximate surface area is 203 Å². The Balaban J connectivity index is 1.41. The maximum Gasteiger partial charge on any atom is 0.255 e. The number of benzene rings is 3. The van der Waals surface area contributed by atoms with Crippen LogP contribution >= 0.6 is 0 Å². The topological polar surface area (TPSA) is 101 Å². The molecule has 1 fully saturated rings. The lowest BCUT2D eigenvalue weighted by atomic mass is 9.83. The average Bonchev–Trinajstić information content (AvgIpc) is 2.87. The van der Waals surface area contributed by atoms with Crippen LogP contribution in [0.3, 0.4) is 0 Å². The van der Waals surface area contributed by atoms with E-state index in [-0.39, 0.29) is 44.9 Å². The summed E-state index contributed by atoms with van der Waals surface area (Å²) < 4.78 is 27.6. The summed E-state index contributed by atoms with van der Waals surface area (Å²) in [5, 5.41) is 2.72. The minimum Gasteiger partial charge on any atom is -0.321 e. The molecule has 1 N–H and O–H groups in total. The summed E-state index contributed by atoms with van der Waals surface area (Å²) in [5.41, 5.74) is 1.51. The maximum absolute atomic E-state index is 13.1. The van der Waals surface area contributed by atoms with E-state index in [2.05, 4.69) is 5.32 Å². The van der Waals surface area contributed by atoms with Crippen LogP contribution in [0.2, 0.25) is 0 Å². The molecule has 3 aromatic rings. The van der Waals surface area contributed by atoms with E-state index in [0.29, 0.717) is 17.7 Å². The first-order valence-corrected chi connectivity index (χ1v) is 13.0. The number of carbonyl (C=O) groups is 3. The lowest BCUT2D eigenvalue weighted by molar-refractivity contribution is 0.0978. The van der Waals surface area contributed by atoms with Crippen molar-refractivity contribution in [2.75, 3.05) is 11.9 Å². The van der Waals surface area contributed by atoms with Crippen molar-refractivity contribution in [2.45, 2.75) is 37.1 Å². The summed E-state index contributed by atoms with van der Waals surface area (Å²) in [6, 6.07) is 17.1. The summed E-state index contributed by atoms with van der Waals surface area (Å²) in [6.07, 6.45) is 2.67. The van der Waals surface area contributed by atoms with Crippen molar-refractivity contribution in [3.05, 3.63) is 94.5 Å². The normalized spacial score (nSPS) is 18.0. The van der Waals surface area contributed by atoms with Crippen molar-refractivity contribution < 1.29 is 22.8 Å². The van der Waals surface area contributed by atoms with Gasteiger partial charge >= 0.3 is 0 Å². The number of rotatable bonds is 4. The Kier molecular flexibility index (Phi) is 5.86. The number of piperidine rings is 1. The van der Waals surface area contributed by atoms with Gasteiger partial charge in [-0.25, -0.2) is 8.42 Å². The summed E-state index contributed by atoms with van der Waals surface area (Å²) >= 11 is 0. The third-order valence-corrected chi connectivity index (χ3v) is 8.69. The van der Waals surface area contributed by atoms with Gasteiger partial charge in [0.15, 0.2) is 11.6 Å². The largest absolute Gasteiger partial charge is 0.321 e. The molecule has 0 saturated carbocycles. The molecule has 35 heavy (non-hydrogen) atoms. The second-order valence-electron chi connectivity index (χ2n) is 8.87. The number of sulfonamides is 1. The van der Waals surface area contributed by atoms with E-state index >= 15 is 0 Å². The zero-order valence-corrected chi connectivity index (χ0v) is 20.0. The van der Waals surface area contributed by atoms with Gasteiger partial charge in [0.2, 0.25) is 10.0 Å². The van der Waals surface area contributed by atoms with Gasteiger partial charge in [-0.3, -0.25) is 14.4 Å². The van der Waals surface area contributed by atoms with Crippen molar-refractivity contribution in [1.29, 1.82) is 0 Å². The van der Waals surface area contributed by atoms with E-state index < -0.39 is 15.9 Å². The molecule has 8 heteroatoms. The highest BCUT2D eigenvalue weighted by atomic mass is 32.2. The Morgan fingerprint density at radius 2 is 1.51 bits per heavy atom. The molecule has 1 amide bonds. The van der Waals surface area contributed by atoms with Crippen LogP contribution in [0, 0.1) is 0 Å². The van der Waals surface area contributed by atoms with E-state index in [1.807, 2.05) is 6.92 Å². The molecule has 0 spiro atoms. The fourth-order valence-electron chi connectivity index (χ4n) is 4.79. The third-order valence-electron chi connectivity index (χ3n) is 6.67. The summed E-state index contributed by atoms with van der Waals surface area (Å²) in [4.78, 5) is 39.2. The maximum atomic E-state index is 13.1. The van der Waals surface area contributed by atoms with Crippen molar-refractivity contribution in [3.63, 3.8) is 0 Å². The van der Waals surface area contributed by atoms with Gasteiger partial charge in [-0.05, 0) is 50.1 Å². The van der Waals surface area contributed by atoms with Crippen LogP contribution in [0.25, 0.3) is 0 Å². The van der Waals surface area contributed by atoms with Crippen LogP contribution < -0.4 is 5.32 Å². The number of amides is 1. The highest BCUT2D eigenvalue weighted by Gasteiger charge is 2.33. The van der Waals surface area contributed by atoms with Gasteiger partial charge in [0.05, 0.1) is 16.1 Å². The van der Waals surface area contributed by atoms with Gasteiger partial charge < -0.3 is 5.32 Å². The number of nitrogens with one attached hydrogen (secondary N) is 1. The lowest BCUT2D eigenvalue weighted by Crippen LogP contribution is -2.41. The molecule has 1 unspecified atom stereocenters. The Bertz CT molecular complexity index is 1460. The highest BCUT2D eigenvalue weighted by molar-refractivity contribution is 7.89. The predicted octanol–water partition coefficient (Wildman–Crippen LogP) is 4.28. The van der Waals surface area contributed by atoms with Gasteiger partial charge in [0.25, 0.3) is 5.91 Å². The monoisotopic (exact) mass is 488 g/mol. The van der Waals surface area contributed by atoms with Crippen molar-refractivity contribution >= 4 is 33.2 Å². The molecule has 0 radical (unpaired) electrons. The molecule has 7 nitrogen and oxygen atoms in total. The number of fused-ring (bicyclic) bond motifs is 2. The molecule has 1 aliphatic heterocycles. The molecule has 3 aromatic carbocycles. The van der Waals surface area contributed by atoms with E-state index in [9.17, 15) is 22.8 Å². The molecule has 1 atom stereocenters. The number of hydrogen-bond donors (Lipinski definition) is 1. The standard InChI is InChI=1S/C27H24N2O5S/c1-17-7-4-5-16-29(17)35(33,34)19-14-12-18(13-15-19)27(32)28-23-11-6-10-22-24(23)26(31)21-9-3-2-8-20(21)25(22)30/h2-3,6,8-15,17H,4-5,7,16H2,1H3,(H,28,32). The van der Waals surface area contributed by atoms with E-state index in [0.717, 1.165) is 19.3 Å². The van der Waals surface area contributed by atoms with Crippen molar-refractivity contribution in [1.82, 2.24) is 4.31 Å². The first-order chi connectivity index (χ1) is 16.8. The molecule has 0 aromatic heterocycles. The molecule has 2 aliphatic rings. The number of hydrogen-bond acceptors (Lipinski definition) is 5. The van der Waals surface area contributed by atoms with Crippen LogP contribution in [0.5, 0.6) is 0 Å². The van der Waals surface area contributed by atoms with Crippen LogP contribution in [-0.4, -0.2) is 42.8 Å². The van der Waals surface area contributed by atoms with Gasteiger partial charge in [-0.2, -0.15) is 4.31 Å². The third kappa shape index (κ3) is 3.98. The molecule has 1 aliphatic carbocycles. The molecular weight excluding hydrogens is 464 g/mol. The lowest BCUT2D eigenvalue weighted by Gasteiger charge is -2.32. The zero-order valence-electron chi connectivity index (χ0n) is 19.2. The second kappa shape index (κ2) is 8.87. The fourth-order valence-corrected chi connectivity index (χ4v) is 6.49. The molecular formula is C27H24N2O5S. The molecule has 178 valence electrons. The number of anilines is 1. The second-order valence-corrected chi connectivity index (χ2v) is 10.8. The minimum absolute atomic E-state index is 0.0636. The number of carbonyl (C=O) groups excluding carboxylic acids is 3. The first kappa shape index (κ1) is 23.1. The van der Waals surface area contributed by atoms with E-state index in [1.165, 1.54) is 28.6 Å². The Hall–Kier alpha value is -3.62. The van der Waals surface area contributed by atoms with Gasteiger partial charge in [-0.1, -0.05) is 42.8 Å². The van der Waals surface area contributed by atoms with Crippen LogP contribution in [-0.2, 0) is 10.0 Å². The molecule has 0 bridgehead atoms. The van der Waals surface area contributed by atoms with Crippen molar-refractivity contribution in [2.24, 2.45) is 0 Å². The van der Waals surface area contributed by atoms with Crippen LogP contribution in [0.4, 0.5) is 5.69 Å². The summed E-state index contributed by atoms with van der Waals surface area (Å²) in [5.74, 6) is -1.11. The average molecular weight is 489 g/mol. The predicted molar refractivity (Wildman–Crippen MR) is 131 cm³/mol. The van der Waals surface area contributed by atoms with Crippen LogP contribution in [0.15, 0.2) is 71.6 Å². The SMILES string of the molecule is CC1CCCCN1S(=O)(=O)c1ccc(C(=O)Nc2cccc3c2C(=O)c2ccccc2C3=O)cc1. The highest BCUT2D eigenvalue weighted by Crippen LogP contribution is 2.32.